The molecule has 164 valence electrons. The minimum absolute atomic E-state index is 0.0494. The summed E-state index contributed by atoms with van der Waals surface area (Å²) in [5.74, 6) is 0.454. The third-order valence-electron chi connectivity index (χ3n) is 4.52. The van der Waals surface area contributed by atoms with Gasteiger partial charge >= 0.3 is 6.18 Å². The molecule has 0 aliphatic rings. The lowest BCUT2D eigenvalue weighted by atomic mass is 10.1. The summed E-state index contributed by atoms with van der Waals surface area (Å²) >= 11 is 0. The molecule has 0 spiro atoms. The van der Waals surface area contributed by atoms with Gasteiger partial charge < -0.3 is 14.2 Å². The van der Waals surface area contributed by atoms with Crippen LogP contribution in [0.15, 0.2) is 47.0 Å². The Morgan fingerprint density at radius 1 is 1.13 bits per heavy atom. The van der Waals surface area contributed by atoms with E-state index in [2.05, 4.69) is 10.1 Å². The first-order valence-electron chi connectivity index (χ1n) is 9.57. The summed E-state index contributed by atoms with van der Waals surface area (Å²) in [4.78, 5) is 18.3. The van der Waals surface area contributed by atoms with Crippen molar-refractivity contribution < 1.29 is 27.2 Å². The van der Waals surface area contributed by atoms with E-state index >= 15 is 0 Å². The topological polar surface area (TPSA) is 68.5 Å². The zero-order valence-corrected chi connectivity index (χ0v) is 17.4. The third kappa shape index (κ3) is 6.07. The molecule has 1 heterocycles. The van der Waals surface area contributed by atoms with Crippen LogP contribution in [-0.4, -0.2) is 34.5 Å². The molecule has 0 saturated carbocycles. The van der Waals surface area contributed by atoms with Crippen LogP contribution in [0.2, 0.25) is 0 Å². The first-order valence-corrected chi connectivity index (χ1v) is 9.57. The van der Waals surface area contributed by atoms with Crippen molar-refractivity contribution in [3.63, 3.8) is 0 Å². The van der Waals surface area contributed by atoms with E-state index in [1.54, 1.807) is 11.9 Å². The molecule has 31 heavy (non-hydrogen) atoms. The van der Waals surface area contributed by atoms with Crippen molar-refractivity contribution in [3.8, 4) is 5.75 Å². The summed E-state index contributed by atoms with van der Waals surface area (Å²) in [6, 6.07) is 10.2. The Kier molecular flexibility index (Phi) is 6.62. The van der Waals surface area contributed by atoms with Crippen LogP contribution in [0.4, 0.5) is 13.2 Å². The Morgan fingerprint density at radius 3 is 2.52 bits per heavy atom. The van der Waals surface area contributed by atoms with Crippen LogP contribution in [0.25, 0.3) is 0 Å². The quantitative estimate of drug-likeness (QED) is 0.545. The number of ether oxygens (including phenoxy) is 1. The summed E-state index contributed by atoms with van der Waals surface area (Å²) in [6.45, 7) is 4.09. The molecule has 0 N–H and O–H groups in total. The van der Waals surface area contributed by atoms with Gasteiger partial charge in [0.15, 0.2) is 12.4 Å². The van der Waals surface area contributed by atoms with Crippen LogP contribution < -0.4 is 4.74 Å². The molecule has 6 nitrogen and oxygen atoms in total. The predicted octanol–water partition coefficient (Wildman–Crippen LogP) is 4.60. The number of carbonyl (C=O) groups is 1. The first kappa shape index (κ1) is 22.3. The molecule has 3 aromatic rings. The fourth-order valence-corrected chi connectivity index (χ4v) is 3.05. The summed E-state index contributed by atoms with van der Waals surface area (Å²) in [5.41, 5.74) is 1.84. The molecule has 0 atom stereocenters. The van der Waals surface area contributed by atoms with E-state index in [-0.39, 0.29) is 24.2 Å². The average Bonchev–Trinajstić information content (AvgIpc) is 3.16. The molecule has 0 aliphatic heterocycles. The number of rotatable bonds is 7. The van der Waals surface area contributed by atoms with Crippen molar-refractivity contribution >= 4 is 5.91 Å². The van der Waals surface area contributed by atoms with Crippen molar-refractivity contribution in [1.29, 1.82) is 0 Å². The largest absolute Gasteiger partial charge is 0.484 e. The molecule has 0 unspecified atom stereocenters. The number of hydrogen-bond donors (Lipinski definition) is 0. The normalized spacial score (nSPS) is 11.4. The zero-order valence-electron chi connectivity index (χ0n) is 17.4. The molecule has 9 heteroatoms. The fourth-order valence-electron chi connectivity index (χ4n) is 3.05. The Morgan fingerprint density at radius 2 is 1.84 bits per heavy atom. The molecule has 0 radical (unpaired) electrons. The number of nitrogens with zero attached hydrogens (tertiary/aromatic N) is 3. The van der Waals surface area contributed by atoms with Crippen LogP contribution in [0.5, 0.6) is 5.75 Å². The summed E-state index contributed by atoms with van der Waals surface area (Å²) in [6.07, 6.45) is -4.09. The molecule has 1 amide bonds. The molecule has 0 aliphatic carbocycles. The lowest BCUT2D eigenvalue weighted by Crippen LogP contribution is -2.29. The van der Waals surface area contributed by atoms with E-state index in [0.717, 1.165) is 23.3 Å². The molecule has 0 bridgehead atoms. The highest BCUT2D eigenvalue weighted by Crippen LogP contribution is 2.31. The lowest BCUT2D eigenvalue weighted by molar-refractivity contribution is -0.137. The van der Waals surface area contributed by atoms with Gasteiger partial charge in [0.05, 0.1) is 5.56 Å². The molecule has 0 saturated heterocycles. The van der Waals surface area contributed by atoms with Crippen molar-refractivity contribution in [2.45, 2.75) is 33.1 Å². The van der Waals surface area contributed by atoms with E-state index in [4.69, 9.17) is 9.26 Å². The van der Waals surface area contributed by atoms with Gasteiger partial charge in [0.2, 0.25) is 0 Å². The van der Waals surface area contributed by atoms with Gasteiger partial charge in [-0.2, -0.15) is 18.2 Å². The monoisotopic (exact) mass is 433 g/mol. The molecular formula is C22H22F3N3O3. The molecule has 2 aromatic carbocycles. The minimum Gasteiger partial charge on any atom is -0.484 e. The van der Waals surface area contributed by atoms with Gasteiger partial charge in [-0.15, -0.1) is 0 Å². The van der Waals surface area contributed by atoms with Gasteiger partial charge in [-0.1, -0.05) is 28.4 Å². The van der Waals surface area contributed by atoms with Crippen LogP contribution >= 0.6 is 0 Å². The number of benzene rings is 2. The Labute approximate surface area is 177 Å². The zero-order chi connectivity index (χ0) is 22.6. The van der Waals surface area contributed by atoms with Gasteiger partial charge in [-0.25, -0.2) is 0 Å². The number of alkyl halides is 3. The van der Waals surface area contributed by atoms with Crippen molar-refractivity contribution in [2.24, 2.45) is 0 Å². The Bertz CT molecular complexity index is 1040. The summed E-state index contributed by atoms with van der Waals surface area (Å²) in [5, 5.41) is 3.83. The van der Waals surface area contributed by atoms with E-state index in [0.29, 0.717) is 24.4 Å². The highest BCUT2D eigenvalue weighted by Gasteiger charge is 2.30. The number of halogens is 3. The van der Waals surface area contributed by atoms with Gasteiger partial charge in [0.25, 0.3) is 11.8 Å². The summed E-state index contributed by atoms with van der Waals surface area (Å²) in [7, 11) is 1.69. The van der Waals surface area contributed by atoms with Crippen LogP contribution in [-0.2, 0) is 19.2 Å². The minimum atomic E-state index is -4.45. The fraction of sp³-hybridized carbons (Fsp3) is 0.318. The van der Waals surface area contributed by atoms with Crippen LogP contribution in [0.1, 0.15) is 38.8 Å². The smallest absolute Gasteiger partial charge is 0.416 e. The molecule has 3 rings (SSSR count). The van der Waals surface area contributed by atoms with Crippen LogP contribution in [0, 0.1) is 13.8 Å². The predicted molar refractivity (Wildman–Crippen MR) is 107 cm³/mol. The number of aryl methyl sites for hydroxylation is 2. The summed E-state index contributed by atoms with van der Waals surface area (Å²) < 4.78 is 48.7. The van der Waals surface area contributed by atoms with E-state index in [1.807, 2.05) is 32.0 Å². The number of amides is 1. The molecular weight excluding hydrogens is 411 g/mol. The second-order valence-corrected chi connectivity index (χ2v) is 7.27. The van der Waals surface area contributed by atoms with Crippen molar-refractivity contribution in [1.82, 2.24) is 15.0 Å². The van der Waals surface area contributed by atoms with Crippen molar-refractivity contribution in [3.05, 3.63) is 76.4 Å². The van der Waals surface area contributed by atoms with Gasteiger partial charge in [0, 0.05) is 25.6 Å². The Hall–Kier alpha value is -3.36. The second-order valence-electron chi connectivity index (χ2n) is 7.27. The molecule has 0 fully saturated rings. The second kappa shape index (κ2) is 9.20. The van der Waals surface area contributed by atoms with Gasteiger partial charge in [-0.3, -0.25) is 4.79 Å². The van der Waals surface area contributed by atoms with Gasteiger partial charge in [-0.05, 0) is 44.2 Å². The maximum Gasteiger partial charge on any atom is 0.416 e. The van der Waals surface area contributed by atoms with E-state index in [1.165, 1.54) is 12.1 Å². The molecule has 1 aromatic heterocycles. The van der Waals surface area contributed by atoms with E-state index in [9.17, 15) is 18.0 Å². The standard InChI is InChI=1S/C22H22F3N3O3/c1-14-9-15(2)11-16(10-14)21(29)28(3)8-7-19-26-20(31-27-19)13-30-18-6-4-5-17(12-18)22(23,24)25/h4-6,9-12H,7-8,13H2,1-3H3. The number of carbonyl (C=O) groups excluding carboxylic acids is 1. The SMILES string of the molecule is Cc1cc(C)cc(C(=O)N(C)CCc2noc(COc3cccc(C(F)(F)F)c3)n2)c1. The number of aromatic nitrogens is 2. The first-order chi connectivity index (χ1) is 14.6. The maximum absolute atomic E-state index is 12.8. The lowest BCUT2D eigenvalue weighted by Gasteiger charge is -2.17. The highest BCUT2D eigenvalue weighted by atomic mass is 19.4. The van der Waals surface area contributed by atoms with E-state index < -0.39 is 11.7 Å². The maximum atomic E-state index is 12.8. The van der Waals surface area contributed by atoms with Crippen molar-refractivity contribution in [2.75, 3.05) is 13.6 Å². The van der Waals surface area contributed by atoms with Gasteiger partial charge in [0.1, 0.15) is 5.75 Å². The van der Waals surface area contributed by atoms with Crippen LogP contribution in [0.3, 0.4) is 0 Å². The number of hydrogen-bond acceptors (Lipinski definition) is 5. The highest BCUT2D eigenvalue weighted by molar-refractivity contribution is 5.94. The average molecular weight is 433 g/mol. The Balaban J connectivity index is 1.53. The number of likely N-dealkylation sites (N-methyl/N-ethyl adjacent to an activating group) is 1. The third-order valence-corrected chi connectivity index (χ3v) is 4.52.